The molecule has 14 N–H and O–H groups in total. The van der Waals surface area contributed by atoms with Gasteiger partial charge < -0.3 is 57.4 Å². The van der Waals surface area contributed by atoms with Crippen molar-refractivity contribution in [1.82, 2.24) is 47.3 Å². The second-order valence-corrected chi connectivity index (χ2v) is 15.9. The molecule has 0 bridgehead atoms. The van der Waals surface area contributed by atoms with Gasteiger partial charge in [0.1, 0.15) is 36.4 Å². The van der Waals surface area contributed by atoms with E-state index in [1.807, 2.05) is 0 Å². The van der Waals surface area contributed by atoms with Crippen LogP contribution in [0.2, 0.25) is 0 Å². The van der Waals surface area contributed by atoms with E-state index in [-0.39, 0.29) is 58.2 Å². The van der Waals surface area contributed by atoms with Gasteiger partial charge in [0.25, 0.3) is 5.91 Å². The van der Waals surface area contributed by atoms with Gasteiger partial charge in [-0.2, -0.15) is 0 Å². The lowest BCUT2D eigenvalue weighted by atomic mass is 10.1. The summed E-state index contributed by atoms with van der Waals surface area (Å²) in [5.41, 5.74) is 0. The molecule has 0 aromatic carbocycles. The van der Waals surface area contributed by atoms with Gasteiger partial charge in [-0.05, 0) is 38.5 Å². The first-order valence-electron chi connectivity index (χ1n) is 22.1. The first-order valence-corrected chi connectivity index (χ1v) is 22.1. The van der Waals surface area contributed by atoms with Crippen LogP contribution in [0, 0.1) is 0 Å². The highest BCUT2D eigenvalue weighted by atomic mass is 16.5. The Morgan fingerprint density at radius 3 is 1.80 bits per heavy atom. The van der Waals surface area contributed by atoms with Crippen LogP contribution in [0.25, 0.3) is 0 Å². The molecule has 0 spiro atoms. The average molecular weight is 934 g/mol. The van der Waals surface area contributed by atoms with Gasteiger partial charge in [0.15, 0.2) is 6.10 Å². The van der Waals surface area contributed by atoms with Gasteiger partial charge in [-0.3, -0.25) is 54.1 Å². The molecule has 1 saturated heterocycles. The third-order valence-corrected chi connectivity index (χ3v) is 10.5. The highest BCUT2D eigenvalue weighted by molar-refractivity contribution is 5.98. The molecule has 372 valence electrons. The Morgan fingerprint density at radius 1 is 0.723 bits per heavy atom. The third-order valence-electron chi connectivity index (χ3n) is 10.5. The molecule has 8 amide bonds. The van der Waals surface area contributed by atoms with Gasteiger partial charge >= 0.3 is 5.97 Å². The second kappa shape index (κ2) is 31.8. The number of carboxylic acid groups (broad SMARTS) is 1. The van der Waals surface area contributed by atoms with Gasteiger partial charge in [-0.1, -0.05) is 58.3 Å². The van der Waals surface area contributed by atoms with Crippen molar-refractivity contribution >= 4 is 53.2 Å². The van der Waals surface area contributed by atoms with Crippen LogP contribution in [0.4, 0.5) is 0 Å². The van der Waals surface area contributed by atoms with Crippen molar-refractivity contribution in [2.45, 2.75) is 166 Å². The summed E-state index contributed by atoms with van der Waals surface area (Å²) in [4.78, 5) is 113. The molecule has 0 aromatic heterocycles. The standard InChI is InChI=1S/C40H71N9O16/c1-4-5-6-7-8-9-10-11-12-17-31(54)47-32-33(55)39(61)41-19-18-27(43-38(32)60)35(57)46-29(22-50)36(58)42-26(15-13-20-48(64)24(2)52)34(56)45-30(23-51)37(59)44-28(40(62)63)16-14-21-49(65)25(3)53/h26-30,32-34,45,50-51,55-56,64-65H,4-23H2,1-3H3,(H,41,61)(H,42,58)(H,43,60)(H,44,59)(H,46,57)(H,47,54)(H,62,63)/t26-,27+,28+,29-,30+,32-,33-,34?/m1/s1. The number of nitrogens with one attached hydrogen (secondary N) is 7. The molecular formula is C40H71N9O16. The second-order valence-electron chi connectivity index (χ2n) is 15.9. The van der Waals surface area contributed by atoms with Crippen LogP contribution in [-0.2, 0) is 43.2 Å². The predicted molar refractivity (Wildman–Crippen MR) is 227 cm³/mol. The molecule has 25 nitrogen and oxygen atoms in total. The summed E-state index contributed by atoms with van der Waals surface area (Å²) in [7, 11) is 0. The molecule has 0 saturated carbocycles. The first-order chi connectivity index (χ1) is 30.8. The quantitative estimate of drug-likeness (QED) is 0.0139. The molecule has 1 aliphatic rings. The summed E-state index contributed by atoms with van der Waals surface area (Å²) in [6.07, 6.45) is 4.08. The fourth-order valence-electron chi connectivity index (χ4n) is 6.60. The molecule has 1 rings (SSSR count). The third kappa shape index (κ3) is 22.6. The van der Waals surface area contributed by atoms with Crippen molar-refractivity contribution in [3.05, 3.63) is 0 Å². The molecule has 65 heavy (non-hydrogen) atoms. The van der Waals surface area contributed by atoms with Gasteiger partial charge in [-0.15, -0.1) is 0 Å². The monoisotopic (exact) mass is 934 g/mol. The molecule has 8 atom stereocenters. The maximum atomic E-state index is 13.5. The Morgan fingerprint density at radius 2 is 1.26 bits per heavy atom. The molecule has 0 radical (unpaired) electrons. The van der Waals surface area contributed by atoms with E-state index in [4.69, 9.17) is 0 Å². The Balaban J connectivity index is 3.07. The lowest BCUT2D eigenvalue weighted by Crippen LogP contribution is -2.62. The Bertz CT molecular complexity index is 1560. The minimum Gasteiger partial charge on any atom is -0.480 e. The number of hydroxylamine groups is 4. The SMILES string of the molecule is CCCCCCCCCCCC(=O)N[C@H]1C(=O)N[C@H](C(=O)N[C@H](CO)C(=O)N[C@H](CCCN(O)C(C)=O)C(O)N[C@@H](CO)C(=O)N[C@@H](CCCN(O)C(C)=O)C(=O)O)CCNC(=O)[C@@H]1O. The van der Waals surface area contributed by atoms with E-state index in [2.05, 4.69) is 44.1 Å². The minimum atomic E-state index is -2.02. The molecule has 1 unspecified atom stereocenters. The molecule has 1 aliphatic heterocycles. The molecule has 1 heterocycles. The van der Waals surface area contributed by atoms with Crippen molar-refractivity contribution < 1.29 is 79.1 Å². The van der Waals surface area contributed by atoms with Gasteiger partial charge in [0.05, 0.1) is 19.3 Å². The van der Waals surface area contributed by atoms with Crippen LogP contribution < -0.4 is 37.2 Å². The number of carbonyl (C=O) groups is 9. The summed E-state index contributed by atoms with van der Waals surface area (Å²) < 4.78 is 0. The predicted octanol–water partition coefficient (Wildman–Crippen LogP) is -3.41. The van der Waals surface area contributed by atoms with E-state index in [1.54, 1.807) is 0 Å². The highest BCUT2D eigenvalue weighted by Crippen LogP contribution is 2.12. The van der Waals surface area contributed by atoms with E-state index in [9.17, 15) is 79.1 Å². The molecule has 1 fully saturated rings. The number of carbonyl (C=O) groups excluding carboxylic acids is 8. The Kier molecular flexibility index (Phi) is 28.3. The van der Waals surface area contributed by atoms with Gasteiger partial charge in [0, 0.05) is 39.9 Å². The Hall–Kier alpha value is -5.05. The number of amides is 8. The van der Waals surface area contributed by atoms with Crippen LogP contribution in [0.3, 0.4) is 0 Å². The lowest BCUT2D eigenvalue weighted by molar-refractivity contribution is -0.163. The van der Waals surface area contributed by atoms with Crippen molar-refractivity contribution in [3.63, 3.8) is 0 Å². The van der Waals surface area contributed by atoms with Crippen molar-refractivity contribution in [1.29, 1.82) is 0 Å². The van der Waals surface area contributed by atoms with Crippen molar-refractivity contribution in [2.24, 2.45) is 0 Å². The zero-order chi connectivity index (χ0) is 49.1. The lowest BCUT2D eigenvalue weighted by Gasteiger charge is -2.30. The molecule has 0 aliphatic carbocycles. The van der Waals surface area contributed by atoms with Crippen LogP contribution in [0.1, 0.15) is 117 Å². The fraction of sp³-hybridized carbons (Fsp3) is 0.775. The van der Waals surface area contributed by atoms with Gasteiger partial charge in [0.2, 0.25) is 41.4 Å². The highest BCUT2D eigenvalue weighted by Gasteiger charge is 2.38. The smallest absolute Gasteiger partial charge is 0.326 e. The number of aliphatic hydroxyl groups is 4. The summed E-state index contributed by atoms with van der Waals surface area (Å²) in [6.45, 7) is 1.42. The van der Waals surface area contributed by atoms with Gasteiger partial charge in [-0.25, -0.2) is 14.9 Å². The fourth-order valence-corrected chi connectivity index (χ4v) is 6.60. The number of hydrogen-bond donors (Lipinski definition) is 14. The molecule has 0 aromatic rings. The Labute approximate surface area is 377 Å². The van der Waals surface area contributed by atoms with E-state index in [1.165, 1.54) is 12.8 Å². The molecular weight excluding hydrogens is 862 g/mol. The number of rotatable bonds is 31. The maximum absolute atomic E-state index is 13.5. The number of aliphatic carboxylic acids is 1. The van der Waals surface area contributed by atoms with E-state index in [0.717, 1.165) is 52.4 Å². The summed E-state index contributed by atoms with van der Waals surface area (Å²) in [5, 5.41) is 87.9. The van der Waals surface area contributed by atoms with Crippen LogP contribution >= 0.6 is 0 Å². The largest absolute Gasteiger partial charge is 0.480 e. The number of carboxylic acids is 1. The minimum absolute atomic E-state index is 0.0135. The van der Waals surface area contributed by atoms with Crippen LogP contribution in [-0.4, -0.2) is 181 Å². The topological polar surface area (TPSA) is 386 Å². The zero-order valence-corrected chi connectivity index (χ0v) is 37.5. The number of aliphatic hydroxyl groups excluding tert-OH is 4. The maximum Gasteiger partial charge on any atom is 0.326 e. The van der Waals surface area contributed by atoms with E-state index >= 15 is 0 Å². The van der Waals surface area contributed by atoms with Crippen molar-refractivity contribution in [2.75, 3.05) is 32.8 Å². The average Bonchev–Trinajstić information content (AvgIpc) is 3.30. The summed E-state index contributed by atoms with van der Waals surface area (Å²) >= 11 is 0. The number of unbranched alkanes of at least 4 members (excludes halogenated alkanes) is 8. The number of nitrogens with zero attached hydrogens (tertiary/aromatic N) is 2. The van der Waals surface area contributed by atoms with E-state index in [0.29, 0.717) is 16.5 Å². The van der Waals surface area contributed by atoms with E-state index < -0.39 is 115 Å². The normalized spacial score (nSPS) is 18.7. The van der Waals surface area contributed by atoms with Crippen molar-refractivity contribution in [3.8, 4) is 0 Å². The zero-order valence-electron chi connectivity index (χ0n) is 37.5. The van der Waals surface area contributed by atoms with Crippen LogP contribution in [0.15, 0.2) is 0 Å². The first kappa shape index (κ1) is 58.0. The van der Waals surface area contributed by atoms with Crippen LogP contribution in [0.5, 0.6) is 0 Å². The summed E-state index contributed by atoms with van der Waals surface area (Å²) in [6, 6.07) is -9.75. The summed E-state index contributed by atoms with van der Waals surface area (Å²) in [5.74, 6) is -8.89. The molecule has 25 heteroatoms. The number of hydrogen-bond acceptors (Lipinski definition) is 16.